The first-order valence-corrected chi connectivity index (χ1v) is 4.54. The fourth-order valence-electron chi connectivity index (χ4n) is 1.21. The topological polar surface area (TPSA) is 40.1 Å². The van der Waals surface area contributed by atoms with Gasteiger partial charge in [-0.2, -0.15) is 0 Å². The Labute approximate surface area is 83.4 Å². The lowest BCUT2D eigenvalue weighted by molar-refractivity contribution is 0.212. The van der Waals surface area contributed by atoms with Gasteiger partial charge in [0.15, 0.2) is 0 Å². The first-order valence-electron chi connectivity index (χ1n) is 4.54. The molecule has 2 aromatic carbocycles. The van der Waals surface area contributed by atoms with Gasteiger partial charge in [0.25, 0.3) is 0 Å². The third kappa shape index (κ3) is 2.47. The summed E-state index contributed by atoms with van der Waals surface area (Å²) in [4.78, 5) is 0. The Morgan fingerprint density at radius 2 is 1.64 bits per heavy atom. The van der Waals surface area contributed by atoms with Crippen molar-refractivity contribution in [3.63, 3.8) is 0 Å². The van der Waals surface area contributed by atoms with E-state index in [2.05, 4.69) is 0 Å². The normalized spacial score (nSPS) is 9.29. The molecule has 0 amide bonds. The van der Waals surface area contributed by atoms with Gasteiger partial charge in [-0.25, -0.2) is 5.11 Å². The predicted molar refractivity (Wildman–Crippen MR) is 56.8 cm³/mol. The number of phenolic OH excluding ortho intramolecular Hbond substituents is 1. The largest absolute Gasteiger partial charge is 0.507 e. The maximum Gasteiger partial charge on any atom is 0.123 e. The minimum absolute atomic E-state index is 0. The molecule has 0 saturated heterocycles. The van der Waals surface area contributed by atoms with E-state index >= 15 is 0 Å². The molecular formula is C12H13O2. The number of benzene rings is 2. The highest BCUT2D eigenvalue weighted by molar-refractivity contribution is 5.87. The second-order valence-electron chi connectivity index (χ2n) is 2.79. The van der Waals surface area contributed by atoms with Crippen LogP contribution in [0.5, 0.6) is 5.75 Å². The lowest BCUT2D eigenvalue weighted by atomic mass is 10.1. The van der Waals surface area contributed by atoms with E-state index in [1.807, 2.05) is 36.4 Å². The van der Waals surface area contributed by atoms with Crippen molar-refractivity contribution in [2.24, 2.45) is 0 Å². The van der Waals surface area contributed by atoms with Gasteiger partial charge < -0.3 is 5.11 Å². The summed E-state index contributed by atoms with van der Waals surface area (Å²) in [5, 5.41) is 20.3. The summed E-state index contributed by atoms with van der Waals surface area (Å²) in [5.41, 5.74) is 0. The molecule has 14 heavy (non-hydrogen) atoms. The van der Waals surface area contributed by atoms with Crippen molar-refractivity contribution in [3.05, 3.63) is 42.5 Å². The Bertz CT molecular complexity index is 391. The molecule has 1 N–H and O–H groups in total. The summed E-state index contributed by atoms with van der Waals surface area (Å²) in [6, 6.07) is 13.3. The molecule has 2 rings (SSSR count). The van der Waals surface area contributed by atoms with Gasteiger partial charge in [-0.15, -0.1) is 0 Å². The van der Waals surface area contributed by atoms with Crippen molar-refractivity contribution in [3.8, 4) is 5.75 Å². The van der Waals surface area contributed by atoms with E-state index in [0.717, 1.165) is 10.8 Å². The Kier molecular flexibility index (Phi) is 3.95. The molecular weight excluding hydrogens is 176 g/mol. The zero-order valence-electron chi connectivity index (χ0n) is 8.10. The number of rotatable bonds is 0. The second-order valence-corrected chi connectivity index (χ2v) is 2.79. The number of phenols is 1. The Morgan fingerprint density at radius 3 is 2.29 bits per heavy atom. The fourth-order valence-corrected chi connectivity index (χ4v) is 1.21. The Morgan fingerprint density at radius 1 is 1.07 bits per heavy atom. The van der Waals surface area contributed by atoms with Gasteiger partial charge in [0.05, 0.1) is 6.61 Å². The molecule has 73 valence electrons. The van der Waals surface area contributed by atoms with E-state index in [0.29, 0.717) is 5.75 Å². The fraction of sp³-hybridized carbons (Fsp3) is 0.167. The molecule has 0 saturated carbocycles. The van der Waals surface area contributed by atoms with E-state index in [9.17, 15) is 5.11 Å². The SMILES string of the molecule is CC[O].Oc1cccc2ccccc12. The van der Waals surface area contributed by atoms with E-state index in [-0.39, 0.29) is 6.61 Å². The van der Waals surface area contributed by atoms with Crippen LogP contribution in [0, 0.1) is 0 Å². The van der Waals surface area contributed by atoms with Gasteiger partial charge in [0.2, 0.25) is 0 Å². The third-order valence-corrected chi connectivity index (χ3v) is 1.77. The first-order chi connectivity index (χ1) is 6.79. The number of fused-ring (bicyclic) bond motifs is 1. The molecule has 2 heteroatoms. The second kappa shape index (κ2) is 5.25. The van der Waals surface area contributed by atoms with Crippen LogP contribution in [0.2, 0.25) is 0 Å². The summed E-state index contributed by atoms with van der Waals surface area (Å²) >= 11 is 0. The van der Waals surface area contributed by atoms with Crippen LogP contribution >= 0.6 is 0 Å². The van der Waals surface area contributed by atoms with Gasteiger partial charge in [-0.1, -0.05) is 36.4 Å². The average Bonchev–Trinajstić information content (AvgIpc) is 2.20. The number of hydrogen-bond donors (Lipinski definition) is 1. The van der Waals surface area contributed by atoms with E-state index in [4.69, 9.17) is 5.11 Å². The van der Waals surface area contributed by atoms with Crippen molar-refractivity contribution in [1.82, 2.24) is 0 Å². The standard InChI is InChI=1S/C10H8O.C2H5O/c11-10-7-3-5-8-4-1-2-6-9(8)10;1-2-3/h1-7,11H;2H2,1H3. The predicted octanol–water partition coefficient (Wildman–Crippen LogP) is 2.98. The molecule has 2 nitrogen and oxygen atoms in total. The molecule has 0 aliphatic heterocycles. The van der Waals surface area contributed by atoms with Crippen molar-refractivity contribution < 1.29 is 10.2 Å². The molecule has 0 aromatic heterocycles. The number of hydrogen-bond acceptors (Lipinski definition) is 1. The molecule has 0 fully saturated rings. The summed E-state index contributed by atoms with van der Waals surface area (Å²) in [6.07, 6.45) is 0. The van der Waals surface area contributed by atoms with E-state index < -0.39 is 0 Å². The molecule has 0 aliphatic carbocycles. The van der Waals surface area contributed by atoms with Crippen LogP contribution in [0.25, 0.3) is 10.8 Å². The molecule has 0 heterocycles. The maximum atomic E-state index is 9.37. The highest BCUT2D eigenvalue weighted by Crippen LogP contribution is 2.22. The van der Waals surface area contributed by atoms with E-state index in [1.165, 1.54) is 0 Å². The minimum atomic E-state index is 0. The molecule has 1 radical (unpaired) electrons. The quantitative estimate of drug-likeness (QED) is 0.680. The van der Waals surface area contributed by atoms with Gasteiger partial charge in [-0.3, -0.25) is 0 Å². The average molecular weight is 189 g/mol. The van der Waals surface area contributed by atoms with Crippen molar-refractivity contribution in [2.45, 2.75) is 6.92 Å². The van der Waals surface area contributed by atoms with Gasteiger partial charge in [-0.05, 0) is 18.4 Å². The Balaban J connectivity index is 0.000000293. The molecule has 0 atom stereocenters. The van der Waals surface area contributed by atoms with Gasteiger partial charge in [0.1, 0.15) is 5.75 Å². The zero-order valence-corrected chi connectivity index (χ0v) is 8.10. The molecule has 0 bridgehead atoms. The molecule has 0 unspecified atom stereocenters. The van der Waals surface area contributed by atoms with E-state index in [1.54, 1.807) is 13.0 Å². The lowest BCUT2D eigenvalue weighted by Gasteiger charge is -1.97. The highest BCUT2D eigenvalue weighted by atomic mass is 16.3. The van der Waals surface area contributed by atoms with Gasteiger partial charge in [0, 0.05) is 5.39 Å². The lowest BCUT2D eigenvalue weighted by Crippen LogP contribution is -1.70. The molecule has 0 spiro atoms. The highest BCUT2D eigenvalue weighted by Gasteiger charge is 1.94. The molecule has 0 aliphatic rings. The van der Waals surface area contributed by atoms with Crippen LogP contribution in [0.1, 0.15) is 6.92 Å². The Hall–Kier alpha value is -1.54. The zero-order chi connectivity index (χ0) is 10.4. The summed E-state index contributed by atoms with van der Waals surface area (Å²) in [5.74, 6) is 0.350. The van der Waals surface area contributed by atoms with Crippen molar-refractivity contribution >= 4 is 10.8 Å². The molecule has 2 aromatic rings. The van der Waals surface area contributed by atoms with Crippen molar-refractivity contribution in [2.75, 3.05) is 6.61 Å². The number of aromatic hydroxyl groups is 1. The van der Waals surface area contributed by atoms with Crippen molar-refractivity contribution in [1.29, 1.82) is 0 Å². The van der Waals surface area contributed by atoms with Crippen LogP contribution in [0.15, 0.2) is 42.5 Å². The summed E-state index contributed by atoms with van der Waals surface area (Å²) < 4.78 is 0. The summed E-state index contributed by atoms with van der Waals surface area (Å²) in [6.45, 7) is 1.57. The van der Waals surface area contributed by atoms with Crippen LogP contribution < -0.4 is 0 Å². The monoisotopic (exact) mass is 189 g/mol. The minimum Gasteiger partial charge on any atom is -0.507 e. The van der Waals surface area contributed by atoms with Crippen LogP contribution in [-0.4, -0.2) is 11.7 Å². The maximum absolute atomic E-state index is 9.37. The van der Waals surface area contributed by atoms with Gasteiger partial charge >= 0.3 is 0 Å². The van der Waals surface area contributed by atoms with Crippen LogP contribution in [0.4, 0.5) is 0 Å². The third-order valence-electron chi connectivity index (χ3n) is 1.77. The smallest absolute Gasteiger partial charge is 0.123 e. The first kappa shape index (κ1) is 10.5. The summed E-state index contributed by atoms with van der Waals surface area (Å²) in [7, 11) is 0. The van der Waals surface area contributed by atoms with Crippen LogP contribution in [0.3, 0.4) is 0 Å². The van der Waals surface area contributed by atoms with Crippen LogP contribution in [-0.2, 0) is 5.11 Å².